The minimum absolute atomic E-state index is 0.137. The Morgan fingerprint density at radius 3 is 2.45 bits per heavy atom. The molecule has 0 saturated heterocycles. The molecule has 2 aromatic carbocycles. The standard InChI is InChI=1S/C19H18O/c1-14-8-10-15(11-9-14)12-13-18-16-6-4-5-7-17(16)19(2,3)20-18/h4-11,18H,1-3H3/t18-/m1/s1. The van der Waals surface area contributed by atoms with E-state index in [0.29, 0.717) is 0 Å². The summed E-state index contributed by atoms with van der Waals surface area (Å²) < 4.78 is 6.09. The SMILES string of the molecule is Cc1ccc(C#C[C@H]2OC(C)(C)c3ccccc32)cc1. The van der Waals surface area contributed by atoms with Gasteiger partial charge in [0.1, 0.15) is 6.10 Å². The van der Waals surface area contributed by atoms with Crippen molar-refractivity contribution in [2.24, 2.45) is 0 Å². The Hall–Kier alpha value is -2.04. The number of hydrogen-bond acceptors (Lipinski definition) is 1. The first-order valence-corrected chi connectivity index (χ1v) is 6.92. The van der Waals surface area contributed by atoms with Crippen molar-refractivity contribution in [2.75, 3.05) is 0 Å². The molecule has 20 heavy (non-hydrogen) atoms. The largest absolute Gasteiger partial charge is 0.350 e. The molecule has 1 heteroatoms. The summed E-state index contributed by atoms with van der Waals surface area (Å²) in [7, 11) is 0. The fourth-order valence-electron chi connectivity index (χ4n) is 2.59. The van der Waals surface area contributed by atoms with Crippen LogP contribution in [0.3, 0.4) is 0 Å². The molecule has 0 unspecified atom stereocenters. The molecule has 0 radical (unpaired) electrons. The molecule has 0 saturated carbocycles. The highest BCUT2D eigenvalue weighted by molar-refractivity contribution is 5.44. The maximum absolute atomic E-state index is 6.09. The van der Waals surface area contributed by atoms with E-state index in [9.17, 15) is 0 Å². The highest BCUT2D eigenvalue weighted by Crippen LogP contribution is 2.42. The molecular formula is C19H18O. The molecule has 1 atom stereocenters. The summed E-state index contributed by atoms with van der Waals surface area (Å²) in [5.41, 5.74) is 4.45. The third-order valence-corrected chi connectivity index (χ3v) is 3.70. The molecule has 0 N–H and O–H groups in total. The van der Waals surface area contributed by atoms with Gasteiger partial charge >= 0.3 is 0 Å². The van der Waals surface area contributed by atoms with E-state index in [1.54, 1.807) is 0 Å². The second-order valence-corrected chi connectivity index (χ2v) is 5.73. The minimum atomic E-state index is -0.261. The van der Waals surface area contributed by atoms with Crippen molar-refractivity contribution in [2.45, 2.75) is 32.5 Å². The average Bonchev–Trinajstić information content (AvgIpc) is 2.70. The Labute approximate surface area is 120 Å². The van der Waals surface area contributed by atoms with Crippen LogP contribution in [0, 0.1) is 18.8 Å². The second kappa shape index (κ2) is 4.81. The van der Waals surface area contributed by atoms with E-state index in [-0.39, 0.29) is 11.7 Å². The predicted molar refractivity (Wildman–Crippen MR) is 81.4 cm³/mol. The lowest BCUT2D eigenvalue weighted by atomic mass is 9.95. The van der Waals surface area contributed by atoms with Crippen LogP contribution in [-0.4, -0.2) is 0 Å². The fourth-order valence-corrected chi connectivity index (χ4v) is 2.59. The smallest absolute Gasteiger partial charge is 0.145 e. The van der Waals surface area contributed by atoms with Crippen LogP contribution in [0.5, 0.6) is 0 Å². The van der Waals surface area contributed by atoms with Crippen molar-refractivity contribution >= 4 is 0 Å². The Morgan fingerprint density at radius 2 is 1.70 bits per heavy atom. The zero-order valence-electron chi connectivity index (χ0n) is 12.1. The summed E-state index contributed by atoms with van der Waals surface area (Å²) >= 11 is 0. The normalized spacial score (nSPS) is 19.1. The molecule has 3 rings (SSSR count). The molecule has 0 fully saturated rings. The molecule has 0 aliphatic carbocycles. The summed E-state index contributed by atoms with van der Waals surface area (Å²) in [6, 6.07) is 16.6. The molecule has 100 valence electrons. The van der Waals surface area contributed by atoms with E-state index in [4.69, 9.17) is 4.74 Å². The number of rotatable bonds is 0. The van der Waals surface area contributed by atoms with Gasteiger partial charge in [0, 0.05) is 5.56 Å². The molecule has 0 spiro atoms. The zero-order valence-corrected chi connectivity index (χ0v) is 12.1. The predicted octanol–water partition coefficient (Wildman–Crippen LogP) is 4.35. The van der Waals surface area contributed by atoms with Crippen LogP contribution in [0.15, 0.2) is 48.5 Å². The van der Waals surface area contributed by atoms with E-state index in [1.807, 2.05) is 18.2 Å². The Balaban J connectivity index is 1.92. The van der Waals surface area contributed by atoms with Gasteiger partial charge in [-0.15, -0.1) is 0 Å². The highest BCUT2D eigenvalue weighted by Gasteiger charge is 2.36. The van der Waals surface area contributed by atoms with Gasteiger partial charge in [-0.2, -0.15) is 0 Å². The third-order valence-electron chi connectivity index (χ3n) is 3.70. The van der Waals surface area contributed by atoms with Crippen molar-refractivity contribution in [1.82, 2.24) is 0 Å². The van der Waals surface area contributed by atoms with Gasteiger partial charge in [-0.3, -0.25) is 0 Å². The molecule has 1 nitrogen and oxygen atoms in total. The average molecular weight is 262 g/mol. The number of benzene rings is 2. The third kappa shape index (κ3) is 2.35. The molecule has 0 aromatic heterocycles. The number of hydrogen-bond donors (Lipinski definition) is 0. The molecule has 0 bridgehead atoms. The topological polar surface area (TPSA) is 9.23 Å². The lowest BCUT2D eigenvalue weighted by Gasteiger charge is -2.18. The quantitative estimate of drug-likeness (QED) is 0.641. The molecule has 1 aliphatic rings. The van der Waals surface area contributed by atoms with Gasteiger partial charge in [0.2, 0.25) is 0 Å². The van der Waals surface area contributed by atoms with Crippen molar-refractivity contribution < 1.29 is 4.74 Å². The van der Waals surface area contributed by atoms with E-state index < -0.39 is 0 Å². The van der Waals surface area contributed by atoms with Crippen LogP contribution in [0.1, 0.15) is 42.2 Å². The first-order chi connectivity index (χ1) is 9.56. The molecule has 0 amide bonds. The van der Waals surface area contributed by atoms with Gasteiger partial charge in [0.25, 0.3) is 0 Å². The van der Waals surface area contributed by atoms with Crippen LogP contribution >= 0.6 is 0 Å². The summed E-state index contributed by atoms with van der Waals surface area (Å²) in [6.07, 6.45) is -0.137. The lowest BCUT2D eigenvalue weighted by Crippen LogP contribution is -2.15. The van der Waals surface area contributed by atoms with Crippen molar-refractivity contribution in [3.63, 3.8) is 0 Å². The van der Waals surface area contributed by atoms with Gasteiger partial charge in [0.15, 0.2) is 0 Å². The number of fused-ring (bicyclic) bond motifs is 1. The molecular weight excluding hydrogens is 244 g/mol. The monoisotopic (exact) mass is 262 g/mol. The van der Waals surface area contributed by atoms with Crippen LogP contribution < -0.4 is 0 Å². The van der Waals surface area contributed by atoms with Crippen LogP contribution in [0.4, 0.5) is 0 Å². The van der Waals surface area contributed by atoms with E-state index in [1.165, 1.54) is 16.7 Å². The summed E-state index contributed by atoms with van der Waals surface area (Å²) in [6.45, 7) is 6.27. The zero-order chi connectivity index (χ0) is 14.2. The van der Waals surface area contributed by atoms with Gasteiger partial charge in [-0.05, 0) is 44.0 Å². The van der Waals surface area contributed by atoms with E-state index in [0.717, 1.165) is 5.56 Å². The highest BCUT2D eigenvalue weighted by atomic mass is 16.5. The molecule has 1 aliphatic heterocycles. The Kier molecular flexibility index (Phi) is 3.12. The van der Waals surface area contributed by atoms with Gasteiger partial charge in [-0.1, -0.05) is 53.8 Å². The van der Waals surface area contributed by atoms with Gasteiger partial charge in [0.05, 0.1) is 5.60 Å². The van der Waals surface area contributed by atoms with Crippen LogP contribution in [0.2, 0.25) is 0 Å². The Morgan fingerprint density at radius 1 is 1.00 bits per heavy atom. The van der Waals surface area contributed by atoms with E-state index in [2.05, 4.69) is 62.9 Å². The van der Waals surface area contributed by atoms with Crippen molar-refractivity contribution in [1.29, 1.82) is 0 Å². The van der Waals surface area contributed by atoms with Crippen LogP contribution in [0.25, 0.3) is 0 Å². The second-order valence-electron chi connectivity index (χ2n) is 5.73. The molecule has 2 aromatic rings. The number of aryl methyl sites for hydroxylation is 1. The first-order valence-electron chi connectivity index (χ1n) is 6.92. The lowest BCUT2D eigenvalue weighted by molar-refractivity contribution is -0.0267. The van der Waals surface area contributed by atoms with Gasteiger partial charge in [-0.25, -0.2) is 0 Å². The van der Waals surface area contributed by atoms with Crippen LogP contribution in [-0.2, 0) is 10.3 Å². The Bertz CT molecular complexity index is 684. The summed E-state index contributed by atoms with van der Waals surface area (Å²) in [4.78, 5) is 0. The fraction of sp³-hybridized carbons (Fsp3) is 0.263. The molecule has 1 heterocycles. The first kappa shape index (κ1) is 13.0. The maximum atomic E-state index is 6.09. The summed E-state index contributed by atoms with van der Waals surface area (Å²) in [5, 5.41) is 0. The van der Waals surface area contributed by atoms with Gasteiger partial charge < -0.3 is 4.74 Å². The number of ether oxygens (including phenoxy) is 1. The van der Waals surface area contributed by atoms with Crippen molar-refractivity contribution in [3.8, 4) is 11.8 Å². The minimum Gasteiger partial charge on any atom is -0.350 e. The summed E-state index contributed by atoms with van der Waals surface area (Å²) in [5.74, 6) is 6.47. The van der Waals surface area contributed by atoms with E-state index >= 15 is 0 Å². The maximum Gasteiger partial charge on any atom is 0.145 e. The van der Waals surface area contributed by atoms with Crippen molar-refractivity contribution in [3.05, 3.63) is 70.8 Å².